The van der Waals surface area contributed by atoms with Gasteiger partial charge >= 0.3 is 18.3 Å². The molecule has 0 aromatic heterocycles. The molecular formula is C25H22F6N2O5. The molecule has 0 aliphatic rings. The van der Waals surface area contributed by atoms with Gasteiger partial charge in [-0.15, -0.1) is 0 Å². The van der Waals surface area contributed by atoms with Crippen molar-refractivity contribution >= 4 is 18.0 Å². The van der Waals surface area contributed by atoms with Gasteiger partial charge < -0.3 is 19.9 Å². The third kappa shape index (κ3) is 8.72. The van der Waals surface area contributed by atoms with Crippen LogP contribution in [0, 0.1) is 11.3 Å². The van der Waals surface area contributed by atoms with Crippen molar-refractivity contribution in [2.75, 3.05) is 13.7 Å². The summed E-state index contributed by atoms with van der Waals surface area (Å²) in [6.07, 6.45) is -8.09. The van der Waals surface area contributed by atoms with Gasteiger partial charge in [0.1, 0.15) is 18.2 Å². The summed E-state index contributed by atoms with van der Waals surface area (Å²) in [4.78, 5) is 22.7. The van der Waals surface area contributed by atoms with Crippen LogP contribution in [0.5, 0.6) is 11.5 Å². The lowest BCUT2D eigenvalue weighted by Gasteiger charge is -2.17. The number of amides is 1. The second-order valence-corrected chi connectivity index (χ2v) is 7.84. The fraction of sp³-hybridized carbons (Fsp3) is 0.320. The molecule has 2 N–H and O–H groups in total. The highest BCUT2D eigenvalue weighted by Crippen LogP contribution is 2.38. The summed E-state index contributed by atoms with van der Waals surface area (Å²) in [5, 5.41) is 20.4. The molecule has 0 aliphatic carbocycles. The highest BCUT2D eigenvalue weighted by Gasteiger charge is 2.38. The lowest BCUT2D eigenvalue weighted by molar-refractivity contribution is -0.144. The van der Waals surface area contributed by atoms with Crippen LogP contribution in [0.15, 0.2) is 42.0 Å². The smallest absolute Gasteiger partial charge is 0.416 e. The van der Waals surface area contributed by atoms with Gasteiger partial charge in [0, 0.05) is 18.5 Å². The highest BCUT2D eigenvalue weighted by atomic mass is 19.4. The van der Waals surface area contributed by atoms with Crippen molar-refractivity contribution in [2.45, 2.75) is 38.2 Å². The summed E-state index contributed by atoms with van der Waals surface area (Å²) in [6.45, 7) is -0.558. The Morgan fingerprint density at radius 1 is 1.03 bits per heavy atom. The number of nitrogens with one attached hydrogen (secondary N) is 1. The molecular weight excluding hydrogens is 522 g/mol. The number of hydrogen-bond acceptors (Lipinski definition) is 5. The van der Waals surface area contributed by atoms with E-state index in [9.17, 15) is 41.2 Å². The minimum Gasteiger partial charge on any atom is -0.493 e. The van der Waals surface area contributed by atoms with Crippen LogP contribution in [0.4, 0.5) is 26.3 Å². The molecule has 0 spiro atoms. The van der Waals surface area contributed by atoms with Crippen LogP contribution in [-0.2, 0) is 28.5 Å². The number of carboxylic acids is 1. The maximum atomic E-state index is 13.4. The summed E-state index contributed by atoms with van der Waals surface area (Å²) < 4.78 is 89.3. The van der Waals surface area contributed by atoms with Gasteiger partial charge in [0.15, 0.2) is 11.5 Å². The molecule has 1 amide bonds. The number of carbonyl (C=O) groups is 2. The Balaban J connectivity index is 2.18. The summed E-state index contributed by atoms with van der Waals surface area (Å²) >= 11 is 0. The van der Waals surface area contributed by atoms with Gasteiger partial charge in [0.05, 0.1) is 18.2 Å². The van der Waals surface area contributed by atoms with E-state index in [4.69, 9.17) is 14.6 Å². The second kappa shape index (κ2) is 12.8. The van der Waals surface area contributed by atoms with Crippen LogP contribution >= 0.6 is 0 Å². The zero-order valence-corrected chi connectivity index (χ0v) is 19.9. The zero-order chi connectivity index (χ0) is 28.5. The van der Waals surface area contributed by atoms with Crippen molar-refractivity contribution < 1.29 is 50.5 Å². The number of nitriles is 1. The maximum Gasteiger partial charge on any atom is 0.416 e. The van der Waals surface area contributed by atoms with E-state index >= 15 is 0 Å². The SMILES string of the molecule is COc1cc(/C=C(\C#N)C(=O)NCCCCC(=O)O)ccc1OCc1ccc(C(F)(F)F)cc1C(F)(F)F. The Labute approximate surface area is 213 Å². The fourth-order valence-corrected chi connectivity index (χ4v) is 3.20. The van der Waals surface area contributed by atoms with Crippen LogP contribution in [0.2, 0.25) is 0 Å². The molecule has 38 heavy (non-hydrogen) atoms. The lowest BCUT2D eigenvalue weighted by atomic mass is 10.0. The fourth-order valence-electron chi connectivity index (χ4n) is 3.20. The average molecular weight is 544 g/mol. The number of rotatable bonds is 11. The first-order valence-corrected chi connectivity index (χ1v) is 11.0. The van der Waals surface area contributed by atoms with Crippen LogP contribution in [0.1, 0.15) is 41.5 Å². The molecule has 13 heteroatoms. The van der Waals surface area contributed by atoms with Crippen molar-refractivity contribution in [3.63, 3.8) is 0 Å². The Kier molecular flexibility index (Phi) is 10.1. The largest absolute Gasteiger partial charge is 0.493 e. The van der Waals surface area contributed by atoms with Crippen LogP contribution in [-0.4, -0.2) is 30.6 Å². The number of alkyl halides is 6. The quantitative estimate of drug-likeness (QED) is 0.165. The first kappa shape index (κ1) is 30.0. The predicted molar refractivity (Wildman–Crippen MR) is 122 cm³/mol. The van der Waals surface area contributed by atoms with Gasteiger partial charge in [-0.1, -0.05) is 12.1 Å². The van der Waals surface area contributed by atoms with Crippen molar-refractivity contribution in [2.24, 2.45) is 0 Å². The van der Waals surface area contributed by atoms with Gasteiger partial charge in [0.2, 0.25) is 0 Å². The number of benzene rings is 2. The molecule has 0 fully saturated rings. The zero-order valence-electron chi connectivity index (χ0n) is 19.9. The maximum absolute atomic E-state index is 13.4. The summed E-state index contributed by atoms with van der Waals surface area (Å²) in [5.41, 5.74) is -3.41. The molecule has 2 rings (SSSR count). The van der Waals surface area contributed by atoms with Gasteiger partial charge in [-0.3, -0.25) is 9.59 Å². The van der Waals surface area contributed by atoms with Crippen LogP contribution < -0.4 is 14.8 Å². The van der Waals surface area contributed by atoms with Gasteiger partial charge in [0.25, 0.3) is 5.91 Å². The number of hydrogen-bond donors (Lipinski definition) is 2. The number of ether oxygens (including phenoxy) is 2. The van der Waals surface area contributed by atoms with Crippen LogP contribution in [0.3, 0.4) is 0 Å². The monoisotopic (exact) mass is 544 g/mol. The molecule has 0 heterocycles. The Morgan fingerprint density at radius 3 is 2.32 bits per heavy atom. The molecule has 2 aromatic rings. The number of halogens is 6. The van der Waals surface area contributed by atoms with Gasteiger partial charge in [-0.2, -0.15) is 31.6 Å². The predicted octanol–water partition coefficient (Wildman–Crippen LogP) is 5.59. The van der Waals surface area contributed by atoms with Crippen molar-refractivity contribution in [1.82, 2.24) is 5.32 Å². The number of methoxy groups -OCH3 is 1. The Morgan fingerprint density at radius 2 is 1.74 bits per heavy atom. The molecule has 2 aromatic carbocycles. The number of carboxylic acid groups (broad SMARTS) is 1. The Hall–Kier alpha value is -4.21. The lowest BCUT2D eigenvalue weighted by Crippen LogP contribution is -2.25. The molecule has 0 unspecified atom stereocenters. The van der Waals surface area contributed by atoms with Crippen molar-refractivity contribution in [1.29, 1.82) is 5.26 Å². The standard InChI is InChI=1S/C25H22F6N2O5/c1-37-21-11-15(10-17(13-32)23(36)33-9-3-2-4-22(34)35)5-8-20(21)38-14-16-6-7-18(24(26,27)28)12-19(16)25(29,30)31/h5-8,10-12H,2-4,9,14H2,1H3,(H,33,36)(H,34,35)/b17-10+. The van der Waals surface area contributed by atoms with Crippen molar-refractivity contribution in [3.05, 3.63) is 64.2 Å². The molecule has 0 saturated carbocycles. The van der Waals surface area contributed by atoms with E-state index in [0.717, 1.165) is 0 Å². The van der Waals surface area contributed by atoms with Gasteiger partial charge in [-0.25, -0.2) is 0 Å². The molecule has 0 saturated heterocycles. The van der Waals surface area contributed by atoms with E-state index in [1.165, 1.54) is 31.4 Å². The summed E-state index contributed by atoms with van der Waals surface area (Å²) in [6, 6.07) is 7.03. The Bertz CT molecular complexity index is 1230. The molecule has 0 atom stereocenters. The minimum absolute atomic E-state index is 0.0183. The number of aliphatic carboxylic acids is 1. The third-order valence-electron chi connectivity index (χ3n) is 5.09. The molecule has 0 bridgehead atoms. The number of unbranched alkanes of at least 4 members (excludes halogenated alkanes) is 1. The van der Waals surface area contributed by atoms with Crippen molar-refractivity contribution in [3.8, 4) is 17.6 Å². The average Bonchev–Trinajstić information content (AvgIpc) is 2.84. The van der Waals surface area contributed by atoms with E-state index in [0.29, 0.717) is 30.5 Å². The number of nitrogens with zero attached hydrogens (tertiary/aromatic N) is 1. The van der Waals surface area contributed by atoms with E-state index in [1.807, 2.05) is 0 Å². The highest BCUT2D eigenvalue weighted by molar-refractivity contribution is 6.01. The topological polar surface area (TPSA) is 109 Å². The normalized spacial score (nSPS) is 12.0. The van der Waals surface area contributed by atoms with E-state index in [1.54, 1.807) is 6.07 Å². The number of carbonyl (C=O) groups excluding carboxylic acids is 1. The first-order valence-electron chi connectivity index (χ1n) is 11.0. The molecule has 204 valence electrons. The van der Waals surface area contributed by atoms with Gasteiger partial charge in [-0.05, 0) is 48.7 Å². The molecule has 0 aliphatic heterocycles. The molecule has 0 radical (unpaired) electrons. The second-order valence-electron chi connectivity index (χ2n) is 7.84. The summed E-state index contributed by atoms with van der Waals surface area (Å²) in [5.74, 6) is -1.65. The van der Waals surface area contributed by atoms with E-state index < -0.39 is 47.5 Å². The molecule has 7 nitrogen and oxygen atoms in total. The minimum atomic E-state index is -5.05. The van der Waals surface area contributed by atoms with Crippen LogP contribution in [0.25, 0.3) is 6.08 Å². The van der Waals surface area contributed by atoms with E-state index in [-0.39, 0.29) is 36.1 Å². The third-order valence-corrected chi connectivity index (χ3v) is 5.09. The van der Waals surface area contributed by atoms with E-state index in [2.05, 4.69) is 5.32 Å². The first-order chi connectivity index (χ1) is 17.8. The summed E-state index contributed by atoms with van der Waals surface area (Å²) in [7, 11) is 1.24.